The molecule has 6 heteroatoms. The molecule has 1 N–H and O–H groups in total. The fourth-order valence-electron chi connectivity index (χ4n) is 1.91. The zero-order valence-corrected chi connectivity index (χ0v) is 12.3. The molecule has 1 aliphatic heterocycles. The molecule has 0 radical (unpaired) electrons. The SMILES string of the molecule is CCOc1cc(C(=S)N2CCOCC2)cc(Cl)c1O. The van der Waals surface area contributed by atoms with Crippen LogP contribution >= 0.6 is 23.8 Å². The molecule has 2 rings (SSSR count). The van der Waals surface area contributed by atoms with Crippen LogP contribution in [0.2, 0.25) is 5.02 Å². The lowest BCUT2D eigenvalue weighted by Gasteiger charge is -2.29. The predicted octanol–water partition coefficient (Wildman–Crippen LogP) is 2.45. The molecule has 0 bridgehead atoms. The van der Waals surface area contributed by atoms with Crippen LogP contribution in [0.25, 0.3) is 0 Å². The Hall–Kier alpha value is -1.04. The first kappa shape index (κ1) is 14.4. The molecule has 1 aromatic rings. The van der Waals surface area contributed by atoms with Crippen LogP contribution < -0.4 is 4.74 Å². The van der Waals surface area contributed by atoms with E-state index in [0.29, 0.717) is 30.6 Å². The van der Waals surface area contributed by atoms with Crippen LogP contribution in [-0.2, 0) is 4.74 Å². The Bertz CT molecular complexity index is 475. The van der Waals surface area contributed by atoms with E-state index in [1.54, 1.807) is 12.1 Å². The number of hydrogen-bond donors (Lipinski definition) is 1. The highest BCUT2D eigenvalue weighted by Crippen LogP contribution is 2.35. The summed E-state index contributed by atoms with van der Waals surface area (Å²) < 4.78 is 10.7. The van der Waals surface area contributed by atoms with Gasteiger partial charge in [0.2, 0.25) is 0 Å². The van der Waals surface area contributed by atoms with Gasteiger partial charge in [0, 0.05) is 18.7 Å². The number of aromatic hydroxyl groups is 1. The number of thiocarbonyl (C=S) groups is 1. The molecule has 0 aromatic heterocycles. The van der Waals surface area contributed by atoms with Crippen molar-refractivity contribution in [1.82, 2.24) is 4.90 Å². The van der Waals surface area contributed by atoms with E-state index in [-0.39, 0.29) is 10.8 Å². The maximum atomic E-state index is 9.81. The average molecular weight is 302 g/mol. The average Bonchev–Trinajstić information content (AvgIpc) is 2.44. The van der Waals surface area contributed by atoms with Crippen molar-refractivity contribution in [1.29, 1.82) is 0 Å². The lowest BCUT2D eigenvalue weighted by molar-refractivity contribution is 0.0693. The fourth-order valence-corrected chi connectivity index (χ4v) is 2.42. The maximum absolute atomic E-state index is 9.81. The molecule has 0 saturated carbocycles. The van der Waals surface area contributed by atoms with Gasteiger partial charge < -0.3 is 19.5 Å². The molecule has 19 heavy (non-hydrogen) atoms. The zero-order valence-electron chi connectivity index (χ0n) is 10.7. The third-order valence-corrected chi connectivity index (χ3v) is 3.66. The molecular formula is C13H16ClNO3S. The summed E-state index contributed by atoms with van der Waals surface area (Å²) in [6.45, 7) is 5.18. The van der Waals surface area contributed by atoms with Crippen LogP contribution in [0.1, 0.15) is 12.5 Å². The zero-order chi connectivity index (χ0) is 13.8. The van der Waals surface area contributed by atoms with Crippen LogP contribution in [0.4, 0.5) is 0 Å². The third kappa shape index (κ3) is 3.29. The molecule has 4 nitrogen and oxygen atoms in total. The van der Waals surface area contributed by atoms with Crippen molar-refractivity contribution in [3.63, 3.8) is 0 Å². The Morgan fingerprint density at radius 3 is 2.79 bits per heavy atom. The molecule has 0 unspecified atom stereocenters. The van der Waals surface area contributed by atoms with Gasteiger partial charge in [-0.05, 0) is 19.1 Å². The van der Waals surface area contributed by atoms with Gasteiger partial charge in [0.1, 0.15) is 4.99 Å². The molecule has 1 aromatic carbocycles. The number of halogens is 1. The van der Waals surface area contributed by atoms with Gasteiger partial charge in [0.25, 0.3) is 0 Å². The van der Waals surface area contributed by atoms with E-state index in [9.17, 15) is 5.11 Å². The Balaban J connectivity index is 2.25. The van der Waals surface area contributed by atoms with Crippen molar-refractivity contribution >= 4 is 28.8 Å². The second kappa shape index (κ2) is 6.41. The summed E-state index contributed by atoms with van der Waals surface area (Å²) >= 11 is 11.5. The van der Waals surface area contributed by atoms with Crippen molar-refractivity contribution in [2.75, 3.05) is 32.9 Å². The largest absolute Gasteiger partial charge is 0.503 e. The van der Waals surface area contributed by atoms with Crippen molar-refractivity contribution in [3.8, 4) is 11.5 Å². The molecule has 0 spiro atoms. The van der Waals surface area contributed by atoms with Crippen molar-refractivity contribution < 1.29 is 14.6 Å². The summed E-state index contributed by atoms with van der Waals surface area (Å²) in [7, 11) is 0. The second-order valence-electron chi connectivity index (χ2n) is 4.14. The Morgan fingerprint density at radius 2 is 2.16 bits per heavy atom. The number of hydrogen-bond acceptors (Lipinski definition) is 4. The van der Waals surface area contributed by atoms with Gasteiger partial charge in [-0.15, -0.1) is 0 Å². The van der Waals surface area contributed by atoms with Gasteiger partial charge in [-0.3, -0.25) is 0 Å². The summed E-state index contributed by atoms with van der Waals surface area (Å²) in [4.78, 5) is 2.77. The molecule has 1 saturated heterocycles. The van der Waals surface area contributed by atoms with E-state index in [1.807, 2.05) is 6.92 Å². The standard InChI is InChI=1S/C13H16ClNO3S/c1-2-18-11-8-9(7-10(14)12(11)16)13(19)15-3-5-17-6-4-15/h7-8,16H,2-6H2,1H3. The Kier molecular flexibility index (Phi) is 4.85. The summed E-state index contributed by atoms with van der Waals surface area (Å²) in [5.41, 5.74) is 0.781. The van der Waals surface area contributed by atoms with Crippen molar-refractivity contribution in [3.05, 3.63) is 22.7 Å². The summed E-state index contributed by atoms with van der Waals surface area (Å²) in [6, 6.07) is 3.39. The van der Waals surface area contributed by atoms with Crippen LogP contribution in [0.15, 0.2) is 12.1 Å². The number of ether oxygens (including phenoxy) is 2. The topological polar surface area (TPSA) is 41.9 Å². The number of phenolic OH excluding ortho intramolecular Hbond substituents is 1. The van der Waals surface area contributed by atoms with Crippen LogP contribution in [0, 0.1) is 0 Å². The molecule has 104 valence electrons. The summed E-state index contributed by atoms with van der Waals surface area (Å²) in [5.74, 6) is 0.317. The molecule has 1 heterocycles. The van der Waals surface area contributed by atoms with E-state index >= 15 is 0 Å². The number of benzene rings is 1. The first-order valence-corrected chi connectivity index (χ1v) is 6.94. The van der Waals surface area contributed by atoms with Crippen LogP contribution in [-0.4, -0.2) is 47.9 Å². The number of morpholine rings is 1. The maximum Gasteiger partial charge on any atom is 0.176 e. The minimum Gasteiger partial charge on any atom is -0.503 e. The fraction of sp³-hybridized carbons (Fsp3) is 0.462. The van der Waals surface area contributed by atoms with E-state index in [2.05, 4.69) is 4.90 Å². The normalized spacial score (nSPS) is 15.4. The lowest BCUT2D eigenvalue weighted by Crippen LogP contribution is -2.40. The molecule has 0 atom stereocenters. The molecule has 0 aliphatic carbocycles. The van der Waals surface area contributed by atoms with Crippen LogP contribution in [0.3, 0.4) is 0 Å². The predicted molar refractivity (Wildman–Crippen MR) is 78.4 cm³/mol. The summed E-state index contributed by atoms with van der Waals surface area (Å²) in [6.07, 6.45) is 0. The second-order valence-corrected chi connectivity index (χ2v) is 4.94. The quantitative estimate of drug-likeness (QED) is 0.869. The third-order valence-electron chi connectivity index (χ3n) is 2.87. The van der Waals surface area contributed by atoms with Crippen LogP contribution in [0.5, 0.6) is 11.5 Å². The monoisotopic (exact) mass is 301 g/mol. The molecule has 0 amide bonds. The highest BCUT2D eigenvalue weighted by Gasteiger charge is 2.18. The van der Waals surface area contributed by atoms with E-state index in [0.717, 1.165) is 18.7 Å². The minimum absolute atomic E-state index is 0.0444. The van der Waals surface area contributed by atoms with Gasteiger partial charge in [-0.2, -0.15) is 0 Å². The first-order chi connectivity index (χ1) is 9.13. The Labute approximate surface area is 122 Å². The highest BCUT2D eigenvalue weighted by molar-refractivity contribution is 7.80. The smallest absolute Gasteiger partial charge is 0.176 e. The Morgan fingerprint density at radius 1 is 1.47 bits per heavy atom. The van der Waals surface area contributed by atoms with Gasteiger partial charge in [0.15, 0.2) is 11.5 Å². The van der Waals surface area contributed by atoms with Gasteiger partial charge >= 0.3 is 0 Å². The van der Waals surface area contributed by atoms with E-state index in [1.165, 1.54) is 0 Å². The van der Waals surface area contributed by atoms with Gasteiger partial charge in [0.05, 0.1) is 24.8 Å². The number of phenols is 1. The van der Waals surface area contributed by atoms with Crippen molar-refractivity contribution in [2.24, 2.45) is 0 Å². The molecular weight excluding hydrogens is 286 g/mol. The van der Waals surface area contributed by atoms with Crippen molar-refractivity contribution in [2.45, 2.75) is 6.92 Å². The lowest BCUT2D eigenvalue weighted by atomic mass is 10.1. The highest BCUT2D eigenvalue weighted by atomic mass is 35.5. The molecule has 1 fully saturated rings. The van der Waals surface area contributed by atoms with Gasteiger partial charge in [-0.1, -0.05) is 23.8 Å². The first-order valence-electron chi connectivity index (χ1n) is 6.15. The number of nitrogens with zero attached hydrogens (tertiary/aromatic N) is 1. The summed E-state index contributed by atoms with van der Waals surface area (Å²) in [5, 5.41) is 10.1. The minimum atomic E-state index is -0.0444. The van der Waals surface area contributed by atoms with Gasteiger partial charge in [-0.25, -0.2) is 0 Å². The van der Waals surface area contributed by atoms with E-state index < -0.39 is 0 Å². The molecule has 1 aliphatic rings. The number of rotatable bonds is 3. The van der Waals surface area contributed by atoms with E-state index in [4.69, 9.17) is 33.3 Å².